The minimum atomic E-state index is -1.31. The van der Waals surface area contributed by atoms with Crippen molar-refractivity contribution in [3.05, 3.63) is 59.7 Å². The summed E-state index contributed by atoms with van der Waals surface area (Å²) in [5.74, 6) is 0.802. The maximum absolute atomic E-state index is 12.8. The molecule has 3 rings (SSSR count). The van der Waals surface area contributed by atoms with E-state index in [1.165, 1.54) is 19.4 Å². The summed E-state index contributed by atoms with van der Waals surface area (Å²) in [7, 11) is 0. The Morgan fingerprint density at radius 3 is 2.50 bits per heavy atom. The van der Waals surface area contributed by atoms with Crippen molar-refractivity contribution in [2.24, 2.45) is 0 Å². The number of hydrogen-bond donors (Lipinski definition) is 1. The zero-order valence-electron chi connectivity index (χ0n) is 19.3. The molecule has 0 saturated carbocycles. The fraction of sp³-hybridized carbons (Fsp3) is 0.462. The lowest BCUT2D eigenvalue weighted by molar-refractivity contribution is -0.152. The Kier molecular flexibility index (Phi) is 7.44. The minimum absolute atomic E-state index is 0.0176. The maximum atomic E-state index is 12.8. The molecule has 0 bridgehead atoms. The highest BCUT2D eigenvalue weighted by molar-refractivity contribution is 5.78. The summed E-state index contributed by atoms with van der Waals surface area (Å²) in [6.45, 7) is 8.68. The molecule has 1 saturated heterocycles. The molecule has 1 atom stereocenters. The van der Waals surface area contributed by atoms with Crippen molar-refractivity contribution in [1.29, 1.82) is 0 Å². The third-order valence-electron chi connectivity index (χ3n) is 5.90. The zero-order valence-corrected chi connectivity index (χ0v) is 19.3. The van der Waals surface area contributed by atoms with Gasteiger partial charge in [-0.1, -0.05) is 38.1 Å². The van der Waals surface area contributed by atoms with Gasteiger partial charge in [0.1, 0.15) is 11.5 Å². The number of nitrogens with zero attached hydrogens (tertiary/aromatic N) is 1. The van der Waals surface area contributed by atoms with E-state index in [4.69, 9.17) is 9.47 Å². The molecule has 0 radical (unpaired) electrons. The molecule has 1 N–H and O–H groups in total. The highest BCUT2D eigenvalue weighted by atomic mass is 16.5. The number of rotatable bonds is 8. The first-order valence-electron chi connectivity index (χ1n) is 11.2. The van der Waals surface area contributed by atoms with E-state index in [1.54, 1.807) is 6.07 Å². The van der Waals surface area contributed by atoms with Crippen LogP contribution in [-0.2, 0) is 9.59 Å². The van der Waals surface area contributed by atoms with Gasteiger partial charge in [0.2, 0.25) is 0 Å². The first-order valence-corrected chi connectivity index (χ1v) is 11.2. The highest BCUT2D eigenvalue weighted by Crippen LogP contribution is 2.30. The van der Waals surface area contributed by atoms with E-state index in [-0.39, 0.29) is 18.4 Å². The van der Waals surface area contributed by atoms with E-state index in [0.717, 1.165) is 18.4 Å². The fourth-order valence-corrected chi connectivity index (χ4v) is 3.83. The Balaban J connectivity index is 1.59. The van der Waals surface area contributed by atoms with Gasteiger partial charge in [0.25, 0.3) is 5.91 Å². The van der Waals surface area contributed by atoms with Crippen LogP contribution in [0.1, 0.15) is 63.5 Å². The number of aliphatic carboxylic acids is 1. The summed E-state index contributed by atoms with van der Waals surface area (Å²) < 4.78 is 11.4. The van der Waals surface area contributed by atoms with E-state index < -0.39 is 11.6 Å². The minimum Gasteiger partial charge on any atom is -0.484 e. The quantitative estimate of drug-likeness (QED) is 0.637. The van der Waals surface area contributed by atoms with E-state index >= 15 is 0 Å². The van der Waals surface area contributed by atoms with E-state index in [9.17, 15) is 14.7 Å². The Bertz CT molecular complexity index is 935. The molecule has 6 heteroatoms. The van der Waals surface area contributed by atoms with Crippen LogP contribution in [-0.4, -0.2) is 47.2 Å². The third kappa shape index (κ3) is 6.02. The Hall–Kier alpha value is -3.02. The van der Waals surface area contributed by atoms with E-state index in [1.807, 2.05) is 47.4 Å². The topological polar surface area (TPSA) is 76.1 Å². The Labute approximate surface area is 190 Å². The van der Waals surface area contributed by atoms with Crippen molar-refractivity contribution in [2.75, 3.05) is 19.7 Å². The number of likely N-dealkylation sites (tertiary alicyclic amines) is 1. The molecule has 0 aliphatic carbocycles. The summed E-state index contributed by atoms with van der Waals surface area (Å²) in [6.07, 6.45) is 1.87. The molecule has 0 spiro atoms. The van der Waals surface area contributed by atoms with Crippen LogP contribution in [0, 0.1) is 0 Å². The maximum Gasteiger partial charge on any atom is 0.347 e. The lowest BCUT2D eigenvalue weighted by Crippen LogP contribution is -2.41. The number of benzene rings is 2. The van der Waals surface area contributed by atoms with E-state index in [0.29, 0.717) is 30.5 Å². The lowest BCUT2D eigenvalue weighted by atomic mass is 9.90. The molecule has 1 fully saturated rings. The predicted octanol–water partition coefficient (Wildman–Crippen LogP) is 4.84. The number of carboxylic acids is 1. The van der Waals surface area contributed by atoms with Crippen LogP contribution in [0.4, 0.5) is 0 Å². The SMILES string of the molecule is CC(C)c1ccc(OCC(=O)N2CCCC(c3cccc(OC(C)(C)C(=O)O)c3)C2)cc1. The van der Waals surface area contributed by atoms with Gasteiger partial charge in [-0.05, 0) is 68.0 Å². The number of carboxylic acid groups (broad SMARTS) is 1. The molecule has 172 valence electrons. The molecular weight excluding hydrogens is 406 g/mol. The number of piperidine rings is 1. The number of carbonyl (C=O) groups is 2. The molecule has 1 aliphatic heterocycles. The largest absolute Gasteiger partial charge is 0.484 e. The standard InChI is InChI=1S/C26H33NO5/c1-18(2)19-10-12-22(13-11-19)31-17-24(28)27-14-6-8-21(16-27)20-7-5-9-23(15-20)32-26(3,4)25(29)30/h5,7,9-13,15,18,21H,6,8,14,16-17H2,1-4H3,(H,29,30). The first-order chi connectivity index (χ1) is 15.2. The van der Waals surface area contributed by atoms with E-state index in [2.05, 4.69) is 13.8 Å². The van der Waals surface area contributed by atoms with Crippen molar-refractivity contribution >= 4 is 11.9 Å². The van der Waals surface area contributed by atoms with Gasteiger partial charge in [0, 0.05) is 19.0 Å². The second kappa shape index (κ2) is 10.1. The predicted molar refractivity (Wildman–Crippen MR) is 123 cm³/mol. The van der Waals surface area contributed by atoms with Crippen LogP contribution in [0.3, 0.4) is 0 Å². The normalized spacial score (nSPS) is 16.7. The molecule has 2 aromatic carbocycles. The average Bonchev–Trinajstić information content (AvgIpc) is 2.77. The van der Waals surface area contributed by atoms with Crippen LogP contribution in [0.15, 0.2) is 48.5 Å². The van der Waals surface area contributed by atoms with Gasteiger partial charge in [-0.15, -0.1) is 0 Å². The Morgan fingerprint density at radius 2 is 1.84 bits per heavy atom. The molecule has 1 heterocycles. The summed E-state index contributed by atoms with van der Waals surface area (Å²) in [4.78, 5) is 26.0. The monoisotopic (exact) mass is 439 g/mol. The van der Waals surface area contributed by atoms with Gasteiger partial charge in [-0.25, -0.2) is 4.79 Å². The van der Waals surface area contributed by atoms with Gasteiger partial charge in [0.05, 0.1) is 0 Å². The molecule has 1 unspecified atom stereocenters. The van der Waals surface area contributed by atoms with Crippen LogP contribution in [0.2, 0.25) is 0 Å². The number of amides is 1. The number of ether oxygens (including phenoxy) is 2. The van der Waals surface area contributed by atoms with Crippen LogP contribution in [0.5, 0.6) is 11.5 Å². The molecular formula is C26H33NO5. The third-order valence-corrected chi connectivity index (χ3v) is 5.90. The number of carbonyl (C=O) groups excluding carboxylic acids is 1. The van der Waals surface area contributed by atoms with Crippen molar-refractivity contribution in [3.63, 3.8) is 0 Å². The zero-order chi connectivity index (χ0) is 23.3. The lowest BCUT2D eigenvalue weighted by Gasteiger charge is -2.33. The van der Waals surface area contributed by atoms with Gasteiger partial charge in [0.15, 0.2) is 12.2 Å². The molecule has 32 heavy (non-hydrogen) atoms. The van der Waals surface area contributed by atoms with Crippen molar-refractivity contribution in [2.45, 2.75) is 58.0 Å². The van der Waals surface area contributed by atoms with Crippen molar-refractivity contribution in [1.82, 2.24) is 4.90 Å². The van der Waals surface area contributed by atoms with Crippen LogP contribution < -0.4 is 9.47 Å². The van der Waals surface area contributed by atoms with Crippen molar-refractivity contribution < 1.29 is 24.2 Å². The van der Waals surface area contributed by atoms with Crippen molar-refractivity contribution in [3.8, 4) is 11.5 Å². The fourth-order valence-electron chi connectivity index (χ4n) is 3.83. The Morgan fingerprint density at radius 1 is 1.12 bits per heavy atom. The van der Waals surface area contributed by atoms with Crippen LogP contribution in [0.25, 0.3) is 0 Å². The second-order valence-electron chi connectivity index (χ2n) is 9.18. The molecule has 1 amide bonds. The molecule has 0 aromatic heterocycles. The van der Waals surface area contributed by atoms with Gasteiger partial charge >= 0.3 is 5.97 Å². The van der Waals surface area contributed by atoms with Gasteiger partial charge in [-0.2, -0.15) is 0 Å². The first kappa shape index (κ1) is 23.6. The number of hydrogen-bond acceptors (Lipinski definition) is 4. The smallest absolute Gasteiger partial charge is 0.347 e. The van der Waals surface area contributed by atoms with Gasteiger partial charge < -0.3 is 19.5 Å². The average molecular weight is 440 g/mol. The van der Waals surface area contributed by atoms with Gasteiger partial charge in [-0.3, -0.25) is 4.79 Å². The summed E-state index contributed by atoms with van der Waals surface area (Å²) in [6, 6.07) is 15.4. The molecule has 2 aromatic rings. The van der Waals surface area contributed by atoms with Crippen LogP contribution >= 0.6 is 0 Å². The molecule has 1 aliphatic rings. The molecule has 6 nitrogen and oxygen atoms in total. The highest BCUT2D eigenvalue weighted by Gasteiger charge is 2.30. The second-order valence-corrected chi connectivity index (χ2v) is 9.18. The summed E-state index contributed by atoms with van der Waals surface area (Å²) in [5.41, 5.74) is 0.977. The summed E-state index contributed by atoms with van der Waals surface area (Å²) in [5, 5.41) is 9.31. The summed E-state index contributed by atoms with van der Waals surface area (Å²) >= 11 is 0.